The predicted octanol–water partition coefficient (Wildman–Crippen LogP) is 6.50. The molecule has 0 radical (unpaired) electrons. The fourth-order valence-electron chi connectivity index (χ4n) is 6.45. The third-order valence-electron chi connectivity index (χ3n) is 8.49. The average molecular weight is 337 g/mol. The van der Waals surface area contributed by atoms with E-state index in [1.54, 1.807) is 44.9 Å². The van der Waals surface area contributed by atoms with Crippen molar-refractivity contribution in [3.8, 4) is 0 Å². The van der Waals surface area contributed by atoms with Gasteiger partial charge in [-0.2, -0.15) is 0 Å². The first-order valence-electron chi connectivity index (χ1n) is 11.0. The molecule has 0 heterocycles. The Morgan fingerprint density at radius 1 is 0.583 bits per heavy atom. The standard InChI is InChI=1S/C23H42.H2O/c1-16-5-9-22(10-6-16)23-11-7-20(8-12-23)15-21-13-17(2)19(4)18(3)14-21;/h16-23H,5-15H2,1-4H3;1H2. The fraction of sp³-hybridized carbons (Fsp3) is 1.00. The molecule has 2 N–H and O–H groups in total. The number of rotatable bonds is 3. The molecule has 3 aliphatic carbocycles. The van der Waals surface area contributed by atoms with E-state index in [9.17, 15) is 0 Å². The first kappa shape index (κ1) is 20.3. The van der Waals surface area contributed by atoms with Gasteiger partial charge in [0.1, 0.15) is 0 Å². The van der Waals surface area contributed by atoms with Gasteiger partial charge in [-0.25, -0.2) is 0 Å². The van der Waals surface area contributed by atoms with Gasteiger partial charge in [-0.05, 0) is 92.3 Å². The highest BCUT2D eigenvalue weighted by Gasteiger charge is 2.34. The zero-order valence-corrected chi connectivity index (χ0v) is 16.9. The Morgan fingerprint density at radius 2 is 1.04 bits per heavy atom. The lowest BCUT2D eigenvalue weighted by Crippen LogP contribution is -2.30. The van der Waals surface area contributed by atoms with E-state index in [1.807, 2.05) is 0 Å². The van der Waals surface area contributed by atoms with Crippen LogP contribution in [-0.4, -0.2) is 5.48 Å². The van der Waals surface area contributed by atoms with Crippen molar-refractivity contribution in [2.45, 2.75) is 98.3 Å². The van der Waals surface area contributed by atoms with Crippen LogP contribution in [0.1, 0.15) is 98.3 Å². The van der Waals surface area contributed by atoms with Gasteiger partial charge in [0.15, 0.2) is 0 Å². The average Bonchev–Trinajstić information content (AvgIpc) is 2.54. The molecule has 0 saturated heterocycles. The molecule has 0 amide bonds. The Kier molecular flexibility index (Phi) is 7.65. The number of hydrogen-bond donors (Lipinski definition) is 0. The molecule has 0 aliphatic heterocycles. The molecule has 0 aromatic heterocycles. The van der Waals surface area contributed by atoms with Gasteiger partial charge in [0, 0.05) is 0 Å². The fourth-order valence-corrected chi connectivity index (χ4v) is 6.45. The van der Waals surface area contributed by atoms with Crippen LogP contribution in [0.25, 0.3) is 0 Å². The lowest BCUT2D eigenvalue weighted by molar-refractivity contribution is 0.100. The van der Waals surface area contributed by atoms with Crippen LogP contribution in [0.5, 0.6) is 0 Å². The molecule has 3 rings (SSSR count). The topological polar surface area (TPSA) is 31.5 Å². The molecule has 0 spiro atoms. The van der Waals surface area contributed by atoms with E-state index in [0.29, 0.717) is 0 Å². The molecule has 3 aliphatic rings. The predicted molar refractivity (Wildman–Crippen MR) is 105 cm³/mol. The molecule has 3 fully saturated rings. The quantitative estimate of drug-likeness (QED) is 0.563. The van der Waals surface area contributed by atoms with Crippen molar-refractivity contribution < 1.29 is 5.48 Å². The van der Waals surface area contributed by atoms with E-state index < -0.39 is 0 Å². The van der Waals surface area contributed by atoms with Gasteiger partial charge < -0.3 is 5.48 Å². The largest absolute Gasteiger partial charge is 0.412 e. The molecule has 24 heavy (non-hydrogen) atoms. The van der Waals surface area contributed by atoms with Gasteiger partial charge in [0.25, 0.3) is 0 Å². The Hall–Kier alpha value is -0.0400. The minimum atomic E-state index is 0. The second-order valence-electron chi connectivity index (χ2n) is 10.2. The summed E-state index contributed by atoms with van der Waals surface area (Å²) in [5, 5.41) is 0. The van der Waals surface area contributed by atoms with E-state index in [0.717, 1.165) is 47.3 Å². The molecule has 142 valence electrons. The minimum Gasteiger partial charge on any atom is -0.412 e. The zero-order valence-electron chi connectivity index (χ0n) is 16.9. The molecule has 1 nitrogen and oxygen atoms in total. The maximum atomic E-state index is 2.51. The van der Waals surface area contributed by atoms with Crippen LogP contribution in [-0.2, 0) is 0 Å². The van der Waals surface area contributed by atoms with Gasteiger partial charge >= 0.3 is 0 Å². The third kappa shape index (κ3) is 4.99. The highest BCUT2D eigenvalue weighted by atomic mass is 16.0. The molecular formula is C23H44O. The molecule has 0 aromatic rings. The molecule has 3 saturated carbocycles. The minimum absolute atomic E-state index is 0. The van der Waals surface area contributed by atoms with Crippen LogP contribution in [0, 0.1) is 47.3 Å². The van der Waals surface area contributed by atoms with Gasteiger partial charge in [-0.1, -0.05) is 53.4 Å². The summed E-state index contributed by atoms with van der Waals surface area (Å²) in [7, 11) is 0. The highest BCUT2D eigenvalue weighted by molar-refractivity contribution is 4.85. The lowest BCUT2D eigenvalue weighted by atomic mass is 9.65. The number of hydrogen-bond acceptors (Lipinski definition) is 0. The Morgan fingerprint density at radius 3 is 1.54 bits per heavy atom. The van der Waals surface area contributed by atoms with E-state index in [1.165, 1.54) is 25.7 Å². The maximum Gasteiger partial charge on any atom is -0.0386 e. The Balaban J connectivity index is 0.00000208. The van der Waals surface area contributed by atoms with Crippen LogP contribution < -0.4 is 0 Å². The van der Waals surface area contributed by atoms with Crippen LogP contribution in [0.4, 0.5) is 0 Å². The monoisotopic (exact) mass is 336 g/mol. The van der Waals surface area contributed by atoms with Crippen molar-refractivity contribution in [2.75, 3.05) is 0 Å². The molecule has 0 aromatic carbocycles. The first-order chi connectivity index (χ1) is 11.0. The third-order valence-corrected chi connectivity index (χ3v) is 8.49. The van der Waals surface area contributed by atoms with Crippen molar-refractivity contribution in [1.82, 2.24) is 0 Å². The summed E-state index contributed by atoms with van der Waals surface area (Å²) in [5.74, 6) is 8.22. The van der Waals surface area contributed by atoms with Gasteiger partial charge in [-0.3, -0.25) is 0 Å². The SMILES string of the molecule is CC1CCC(C2CCC(CC3CC(C)C(C)C(C)C3)CC2)CC1.O. The first-order valence-corrected chi connectivity index (χ1v) is 11.0. The highest BCUT2D eigenvalue weighted by Crippen LogP contribution is 2.45. The van der Waals surface area contributed by atoms with Crippen molar-refractivity contribution in [3.05, 3.63) is 0 Å². The summed E-state index contributed by atoms with van der Waals surface area (Å²) in [6.45, 7) is 9.96. The molecular weight excluding hydrogens is 292 g/mol. The van der Waals surface area contributed by atoms with Crippen LogP contribution in [0.3, 0.4) is 0 Å². The van der Waals surface area contributed by atoms with E-state index >= 15 is 0 Å². The van der Waals surface area contributed by atoms with Crippen molar-refractivity contribution >= 4 is 0 Å². The van der Waals surface area contributed by atoms with Crippen LogP contribution in [0.2, 0.25) is 0 Å². The van der Waals surface area contributed by atoms with E-state index in [2.05, 4.69) is 27.7 Å². The second-order valence-corrected chi connectivity index (χ2v) is 10.2. The Labute approximate surface area is 151 Å². The summed E-state index contributed by atoms with van der Waals surface area (Å²) < 4.78 is 0. The van der Waals surface area contributed by atoms with Crippen LogP contribution in [0.15, 0.2) is 0 Å². The zero-order chi connectivity index (χ0) is 16.4. The lowest BCUT2D eigenvalue weighted by Gasteiger charge is -2.41. The molecule has 2 unspecified atom stereocenters. The van der Waals surface area contributed by atoms with Crippen LogP contribution >= 0.6 is 0 Å². The van der Waals surface area contributed by atoms with Crippen molar-refractivity contribution in [2.24, 2.45) is 47.3 Å². The summed E-state index contributed by atoms with van der Waals surface area (Å²) in [4.78, 5) is 0. The molecule has 1 heteroatoms. The molecule has 2 atom stereocenters. The van der Waals surface area contributed by atoms with Crippen molar-refractivity contribution in [1.29, 1.82) is 0 Å². The summed E-state index contributed by atoms with van der Waals surface area (Å²) in [6.07, 6.45) is 17.0. The van der Waals surface area contributed by atoms with E-state index in [4.69, 9.17) is 0 Å². The van der Waals surface area contributed by atoms with Crippen molar-refractivity contribution in [3.63, 3.8) is 0 Å². The second kappa shape index (κ2) is 9.06. The summed E-state index contributed by atoms with van der Waals surface area (Å²) >= 11 is 0. The van der Waals surface area contributed by atoms with E-state index in [-0.39, 0.29) is 5.48 Å². The summed E-state index contributed by atoms with van der Waals surface area (Å²) in [6, 6.07) is 0. The summed E-state index contributed by atoms with van der Waals surface area (Å²) in [5.41, 5.74) is 0. The normalized spacial score (nSPS) is 47.0. The maximum absolute atomic E-state index is 2.51. The smallest absolute Gasteiger partial charge is 0.0386 e. The van der Waals surface area contributed by atoms with Gasteiger partial charge in [0.05, 0.1) is 0 Å². The Bertz CT molecular complexity index is 337. The van der Waals surface area contributed by atoms with Gasteiger partial charge in [-0.15, -0.1) is 0 Å². The molecule has 0 bridgehead atoms. The van der Waals surface area contributed by atoms with Gasteiger partial charge in [0.2, 0.25) is 0 Å².